The zero-order valence-corrected chi connectivity index (χ0v) is 12.1. The molecule has 2 heterocycles. The highest BCUT2D eigenvalue weighted by atomic mass is 19.1. The number of pyridine rings is 1. The third-order valence-corrected chi connectivity index (χ3v) is 3.92. The van der Waals surface area contributed by atoms with E-state index in [1.807, 2.05) is 30.3 Å². The van der Waals surface area contributed by atoms with E-state index in [0.29, 0.717) is 13.0 Å². The van der Waals surface area contributed by atoms with Crippen molar-refractivity contribution >= 4 is 5.91 Å². The number of hydrogen-bond acceptors (Lipinski definition) is 3. The molecule has 3 rings (SSSR count). The zero-order chi connectivity index (χ0) is 15.4. The minimum Gasteiger partial charge on any atom is -0.348 e. The molecule has 0 saturated carbocycles. The molecule has 2 N–H and O–H groups in total. The lowest BCUT2D eigenvalue weighted by atomic mass is 9.92. The lowest BCUT2D eigenvalue weighted by Gasteiger charge is -2.33. The van der Waals surface area contributed by atoms with E-state index in [-0.39, 0.29) is 18.0 Å². The molecule has 4 nitrogen and oxygen atoms in total. The van der Waals surface area contributed by atoms with Crippen LogP contribution >= 0.6 is 0 Å². The van der Waals surface area contributed by atoms with Crippen LogP contribution in [-0.4, -0.2) is 16.9 Å². The van der Waals surface area contributed by atoms with Gasteiger partial charge in [0, 0.05) is 25.2 Å². The predicted molar refractivity (Wildman–Crippen MR) is 81.4 cm³/mol. The maximum Gasteiger partial charge on any atom is 0.220 e. The van der Waals surface area contributed by atoms with Crippen LogP contribution in [0.4, 0.5) is 4.39 Å². The Balaban J connectivity index is 1.70. The van der Waals surface area contributed by atoms with Gasteiger partial charge in [-0.25, -0.2) is 4.98 Å². The molecule has 0 bridgehead atoms. The van der Waals surface area contributed by atoms with Gasteiger partial charge < -0.3 is 10.6 Å². The number of hydrogen-bond donors (Lipinski definition) is 2. The van der Waals surface area contributed by atoms with Crippen LogP contribution in [0.3, 0.4) is 0 Å². The van der Waals surface area contributed by atoms with Gasteiger partial charge in [0.25, 0.3) is 0 Å². The number of amides is 1. The van der Waals surface area contributed by atoms with Crippen LogP contribution in [0.25, 0.3) is 0 Å². The Bertz CT molecular complexity index is 630. The Hall–Kier alpha value is -2.27. The normalized spacial score (nSPS) is 21.4. The van der Waals surface area contributed by atoms with Crippen molar-refractivity contribution in [3.8, 4) is 0 Å². The summed E-state index contributed by atoms with van der Waals surface area (Å²) >= 11 is 0. The Kier molecular flexibility index (Phi) is 4.44. The third kappa shape index (κ3) is 3.49. The second-order valence-corrected chi connectivity index (χ2v) is 5.47. The van der Waals surface area contributed by atoms with Crippen molar-refractivity contribution in [2.75, 3.05) is 0 Å². The van der Waals surface area contributed by atoms with Gasteiger partial charge in [-0.15, -0.1) is 0 Å². The summed E-state index contributed by atoms with van der Waals surface area (Å²) in [6.07, 6.45) is 2.82. The van der Waals surface area contributed by atoms with E-state index in [0.717, 1.165) is 17.5 Å². The summed E-state index contributed by atoms with van der Waals surface area (Å²) in [6.45, 7) is 0.594. The van der Waals surface area contributed by atoms with E-state index in [9.17, 15) is 9.18 Å². The lowest BCUT2D eigenvalue weighted by molar-refractivity contribution is -0.123. The summed E-state index contributed by atoms with van der Waals surface area (Å²) in [6, 6.07) is 13.1. The lowest BCUT2D eigenvalue weighted by Crippen LogP contribution is -2.48. The van der Waals surface area contributed by atoms with Crippen LogP contribution in [0, 0.1) is 5.95 Å². The number of halogens is 1. The smallest absolute Gasteiger partial charge is 0.220 e. The fourth-order valence-corrected chi connectivity index (χ4v) is 2.76. The number of piperidine rings is 1. The highest BCUT2D eigenvalue weighted by Gasteiger charge is 2.29. The minimum absolute atomic E-state index is 0.0455. The second kappa shape index (κ2) is 6.66. The predicted octanol–water partition coefficient (Wildman–Crippen LogP) is 2.33. The molecule has 1 saturated heterocycles. The second-order valence-electron chi connectivity index (χ2n) is 5.47. The van der Waals surface area contributed by atoms with E-state index in [2.05, 4.69) is 15.6 Å². The minimum atomic E-state index is -0.476. The summed E-state index contributed by atoms with van der Waals surface area (Å²) in [5, 5.41) is 6.50. The van der Waals surface area contributed by atoms with Gasteiger partial charge in [0.15, 0.2) is 0 Å². The molecular formula is C17H18FN3O. The van der Waals surface area contributed by atoms with Crippen LogP contribution in [0.1, 0.15) is 30.0 Å². The topological polar surface area (TPSA) is 54.0 Å². The van der Waals surface area contributed by atoms with E-state index in [1.54, 1.807) is 6.07 Å². The van der Waals surface area contributed by atoms with Gasteiger partial charge in [-0.3, -0.25) is 4.79 Å². The number of nitrogens with zero attached hydrogens (tertiary/aromatic N) is 1. The van der Waals surface area contributed by atoms with Crippen molar-refractivity contribution in [1.82, 2.24) is 15.6 Å². The van der Waals surface area contributed by atoms with Crippen LogP contribution in [0.2, 0.25) is 0 Å². The van der Waals surface area contributed by atoms with Gasteiger partial charge in [0.05, 0.1) is 6.04 Å². The van der Waals surface area contributed by atoms with Crippen LogP contribution < -0.4 is 10.6 Å². The van der Waals surface area contributed by atoms with Crippen LogP contribution in [0.5, 0.6) is 0 Å². The number of nitrogens with one attached hydrogen (secondary N) is 2. The van der Waals surface area contributed by atoms with Crippen molar-refractivity contribution in [3.63, 3.8) is 0 Å². The van der Waals surface area contributed by atoms with Crippen molar-refractivity contribution in [2.45, 2.75) is 31.5 Å². The fourth-order valence-electron chi connectivity index (χ4n) is 2.76. The van der Waals surface area contributed by atoms with Gasteiger partial charge in [-0.05, 0) is 23.6 Å². The molecule has 0 radical (unpaired) electrons. The number of rotatable bonds is 4. The standard InChI is InChI=1S/C17H18FN3O/c18-15-8-6-12(11-20-15)10-19-14-7-9-16(22)21-17(14)13-4-2-1-3-5-13/h1-6,8,11,14,17,19H,7,9-10H2,(H,21,22)/t14-,17+/m1/s1. The Labute approximate surface area is 128 Å². The highest BCUT2D eigenvalue weighted by Crippen LogP contribution is 2.24. The van der Waals surface area contributed by atoms with Crippen LogP contribution in [-0.2, 0) is 11.3 Å². The molecule has 0 unspecified atom stereocenters. The maximum atomic E-state index is 12.8. The number of carbonyl (C=O) groups is 1. The number of aromatic nitrogens is 1. The number of carbonyl (C=O) groups excluding carboxylic acids is 1. The molecule has 1 amide bonds. The molecule has 1 fully saturated rings. The average molecular weight is 299 g/mol. The highest BCUT2D eigenvalue weighted by molar-refractivity contribution is 5.77. The third-order valence-electron chi connectivity index (χ3n) is 3.92. The first kappa shape index (κ1) is 14.7. The SMILES string of the molecule is O=C1CC[C@@H](NCc2ccc(F)nc2)[C@H](c2ccccc2)N1. The molecule has 114 valence electrons. The molecule has 1 aromatic heterocycles. The molecular weight excluding hydrogens is 281 g/mol. The molecule has 5 heteroatoms. The first-order valence-electron chi connectivity index (χ1n) is 7.40. The fraction of sp³-hybridized carbons (Fsp3) is 0.294. The summed E-state index contributed by atoms with van der Waals surface area (Å²) in [5.41, 5.74) is 2.01. The molecule has 2 aromatic rings. The Morgan fingerprint density at radius 3 is 2.77 bits per heavy atom. The van der Waals surface area contributed by atoms with Crippen molar-refractivity contribution in [3.05, 3.63) is 65.7 Å². The Morgan fingerprint density at radius 2 is 2.05 bits per heavy atom. The molecule has 1 aliphatic rings. The van der Waals surface area contributed by atoms with Crippen molar-refractivity contribution in [1.29, 1.82) is 0 Å². The van der Waals surface area contributed by atoms with Gasteiger partial charge >= 0.3 is 0 Å². The van der Waals surface area contributed by atoms with E-state index in [4.69, 9.17) is 0 Å². The molecule has 0 aliphatic carbocycles. The van der Waals surface area contributed by atoms with E-state index < -0.39 is 5.95 Å². The van der Waals surface area contributed by atoms with Gasteiger partial charge in [0.1, 0.15) is 0 Å². The van der Waals surface area contributed by atoms with E-state index in [1.165, 1.54) is 12.3 Å². The van der Waals surface area contributed by atoms with Crippen molar-refractivity contribution < 1.29 is 9.18 Å². The number of benzene rings is 1. The summed E-state index contributed by atoms with van der Waals surface area (Å²) < 4.78 is 12.8. The van der Waals surface area contributed by atoms with Gasteiger partial charge in [-0.1, -0.05) is 36.4 Å². The Morgan fingerprint density at radius 1 is 1.23 bits per heavy atom. The van der Waals surface area contributed by atoms with Crippen molar-refractivity contribution in [2.24, 2.45) is 0 Å². The molecule has 2 atom stereocenters. The largest absolute Gasteiger partial charge is 0.348 e. The molecule has 22 heavy (non-hydrogen) atoms. The summed E-state index contributed by atoms with van der Waals surface area (Å²) in [4.78, 5) is 15.4. The zero-order valence-electron chi connectivity index (χ0n) is 12.1. The molecule has 1 aliphatic heterocycles. The summed E-state index contributed by atoms with van der Waals surface area (Å²) in [7, 11) is 0. The first-order valence-corrected chi connectivity index (χ1v) is 7.40. The average Bonchev–Trinajstić information content (AvgIpc) is 2.56. The molecule has 0 spiro atoms. The van der Waals surface area contributed by atoms with Gasteiger partial charge in [0.2, 0.25) is 11.9 Å². The van der Waals surface area contributed by atoms with Gasteiger partial charge in [-0.2, -0.15) is 4.39 Å². The maximum absolute atomic E-state index is 12.8. The first-order chi connectivity index (χ1) is 10.7. The van der Waals surface area contributed by atoms with E-state index >= 15 is 0 Å². The molecule has 1 aromatic carbocycles. The quantitative estimate of drug-likeness (QED) is 0.852. The van der Waals surface area contributed by atoms with Crippen LogP contribution in [0.15, 0.2) is 48.7 Å². The monoisotopic (exact) mass is 299 g/mol. The summed E-state index contributed by atoms with van der Waals surface area (Å²) in [5.74, 6) is -0.397.